The number of nitrogen functional groups attached to an aromatic ring is 1. The number of carbonyl (C=O) groups is 1. The van der Waals surface area contributed by atoms with Crippen molar-refractivity contribution in [3.63, 3.8) is 0 Å². The highest BCUT2D eigenvalue weighted by atomic mass is 16.2. The molecular formula is C15H17N5O. The molecule has 1 aromatic carbocycles. The fourth-order valence-electron chi connectivity index (χ4n) is 2.15. The Balaban J connectivity index is 2.35. The first kappa shape index (κ1) is 14.6. The number of aryl methyl sites for hydroxylation is 2. The van der Waals surface area contributed by atoms with Crippen LogP contribution >= 0.6 is 0 Å². The lowest BCUT2D eigenvalue weighted by molar-refractivity contribution is 0.0985. The summed E-state index contributed by atoms with van der Waals surface area (Å²) < 4.78 is 1.51. The molecule has 1 amide bonds. The molecule has 0 saturated heterocycles. The number of nitriles is 1. The summed E-state index contributed by atoms with van der Waals surface area (Å²) in [5.74, 6) is -0.230. The van der Waals surface area contributed by atoms with Crippen molar-refractivity contribution in [2.75, 3.05) is 17.7 Å². The van der Waals surface area contributed by atoms with E-state index in [-0.39, 0.29) is 5.91 Å². The average molecular weight is 283 g/mol. The molecule has 0 atom stereocenters. The highest BCUT2D eigenvalue weighted by Gasteiger charge is 2.23. The van der Waals surface area contributed by atoms with E-state index >= 15 is 0 Å². The Labute approximate surface area is 123 Å². The van der Waals surface area contributed by atoms with Gasteiger partial charge in [0.05, 0.1) is 23.0 Å². The van der Waals surface area contributed by atoms with Crippen LogP contribution < -0.4 is 10.6 Å². The number of hydrogen-bond donors (Lipinski definition) is 1. The minimum absolute atomic E-state index is 0.230. The van der Waals surface area contributed by atoms with Gasteiger partial charge in [-0.2, -0.15) is 10.4 Å². The SMILES string of the molecule is CCc1nn(C)c(C(=O)N(C)c2ccc(C#N)cc2)c1N. The maximum absolute atomic E-state index is 12.6. The molecule has 108 valence electrons. The lowest BCUT2D eigenvalue weighted by Gasteiger charge is -2.17. The Morgan fingerprint density at radius 3 is 2.52 bits per heavy atom. The van der Waals surface area contributed by atoms with E-state index in [1.807, 2.05) is 13.0 Å². The fraction of sp³-hybridized carbons (Fsp3) is 0.267. The van der Waals surface area contributed by atoms with Gasteiger partial charge in [0.2, 0.25) is 0 Å². The quantitative estimate of drug-likeness (QED) is 0.928. The number of aromatic nitrogens is 2. The van der Waals surface area contributed by atoms with Crippen LogP contribution in [0.4, 0.5) is 11.4 Å². The summed E-state index contributed by atoms with van der Waals surface area (Å²) in [7, 11) is 3.37. The van der Waals surface area contributed by atoms with E-state index in [1.54, 1.807) is 38.4 Å². The molecule has 0 fully saturated rings. The third-order valence-electron chi connectivity index (χ3n) is 3.39. The van der Waals surface area contributed by atoms with Crippen molar-refractivity contribution in [3.05, 3.63) is 41.2 Å². The molecule has 2 aromatic rings. The summed E-state index contributed by atoms with van der Waals surface area (Å²) in [6.07, 6.45) is 0.674. The van der Waals surface area contributed by atoms with Crippen molar-refractivity contribution in [1.82, 2.24) is 9.78 Å². The van der Waals surface area contributed by atoms with Crippen LogP contribution in [-0.4, -0.2) is 22.7 Å². The highest BCUT2D eigenvalue weighted by molar-refractivity contribution is 6.08. The molecule has 1 heterocycles. The summed E-state index contributed by atoms with van der Waals surface area (Å²) in [6.45, 7) is 1.94. The van der Waals surface area contributed by atoms with Gasteiger partial charge in [0.25, 0.3) is 5.91 Å². The topological polar surface area (TPSA) is 87.9 Å². The van der Waals surface area contributed by atoms with Gasteiger partial charge in [-0.1, -0.05) is 6.92 Å². The minimum Gasteiger partial charge on any atom is -0.395 e. The molecule has 6 heteroatoms. The first-order valence-electron chi connectivity index (χ1n) is 6.59. The first-order chi connectivity index (χ1) is 9.99. The van der Waals surface area contributed by atoms with Gasteiger partial charge in [0.15, 0.2) is 0 Å². The molecule has 2 rings (SSSR count). The van der Waals surface area contributed by atoms with Crippen molar-refractivity contribution in [3.8, 4) is 6.07 Å². The van der Waals surface area contributed by atoms with Gasteiger partial charge in [-0.05, 0) is 30.7 Å². The molecule has 0 aliphatic heterocycles. The molecule has 0 radical (unpaired) electrons. The van der Waals surface area contributed by atoms with Crippen molar-refractivity contribution >= 4 is 17.3 Å². The Hall–Kier alpha value is -2.81. The smallest absolute Gasteiger partial charge is 0.278 e. The van der Waals surface area contributed by atoms with Crippen LogP contribution in [-0.2, 0) is 13.5 Å². The van der Waals surface area contributed by atoms with E-state index in [1.165, 1.54) is 9.58 Å². The summed E-state index contributed by atoms with van der Waals surface area (Å²) in [5, 5.41) is 13.1. The third kappa shape index (κ3) is 2.58. The van der Waals surface area contributed by atoms with E-state index in [0.29, 0.717) is 34.7 Å². The normalized spacial score (nSPS) is 10.2. The molecule has 0 bridgehead atoms. The van der Waals surface area contributed by atoms with Crippen LogP contribution in [0, 0.1) is 11.3 Å². The Morgan fingerprint density at radius 2 is 2.05 bits per heavy atom. The van der Waals surface area contributed by atoms with E-state index in [9.17, 15) is 4.79 Å². The predicted octanol–water partition coefficient (Wildman–Crippen LogP) is 1.71. The summed E-state index contributed by atoms with van der Waals surface area (Å²) in [6, 6.07) is 8.84. The second kappa shape index (κ2) is 5.67. The zero-order chi connectivity index (χ0) is 15.6. The van der Waals surface area contributed by atoms with Crippen LogP contribution in [0.5, 0.6) is 0 Å². The standard InChI is InChI=1S/C15H17N5O/c1-4-12-13(17)14(20(3)18-12)15(21)19(2)11-7-5-10(9-16)6-8-11/h5-8H,4,17H2,1-3H3. The molecular weight excluding hydrogens is 266 g/mol. The van der Waals surface area contributed by atoms with Crippen LogP contribution in [0.15, 0.2) is 24.3 Å². The molecule has 0 aliphatic carbocycles. The van der Waals surface area contributed by atoms with Crippen LogP contribution in [0.2, 0.25) is 0 Å². The molecule has 1 aromatic heterocycles. The predicted molar refractivity (Wildman–Crippen MR) is 80.9 cm³/mol. The van der Waals surface area contributed by atoms with Gasteiger partial charge >= 0.3 is 0 Å². The van der Waals surface area contributed by atoms with Crippen LogP contribution in [0.25, 0.3) is 0 Å². The lowest BCUT2D eigenvalue weighted by Crippen LogP contribution is -2.28. The molecule has 0 aliphatic rings. The van der Waals surface area contributed by atoms with E-state index < -0.39 is 0 Å². The van der Waals surface area contributed by atoms with Crippen molar-refractivity contribution in [1.29, 1.82) is 5.26 Å². The highest BCUT2D eigenvalue weighted by Crippen LogP contribution is 2.22. The van der Waals surface area contributed by atoms with Crippen LogP contribution in [0.1, 0.15) is 28.7 Å². The Bertz CT molecular complexity index is 709. The van der Waals surface area contributed by atoms with Gasteiger partial charge in [0, 0.05) is 19.8 Å². The number of rotatable bonds is 3. The van der Waals surface area contributed by atoms with E-state index in [4.69, 9.17) is 11.0 Å². The molecule has 6 nitrogen and oxygen atoms in total. The zero-order valence-electron chi connectivity index (χ0n) is 12.3. The largest absolute Gasteiger partial charge is 0.395 e. The lowest BCUT2D eigenvalue weighted by atomic mass is 10.2. The van der Waals surface area contributed by atoms with Gasteiger partial charge in [-0.15, -0.1) is 0 Å². The maximum atomic E-state index is 12.6. The van der Waals surface area contributed by atoms with Crippen molar-refractivity contribution < 1.29 is 4.79 Å². The van der Waals surface area contributed by atoms with Crippen molar-refractivity contribution in [2.45, 2.75) is 13.3 Å². The molecule has 2 N–H and O–H groups in total. The maximum Gasteiger partial charge on any atom is 0.278 e. The van der Waals surface area contributed by atoms with Gasteiger partial charge in [-0.25, -0.2) is 0 Å². The number of hydrogen-bond acceptors (Lipinski definition) is 4. The molecule has 0 saturated carbocycles. The van der Waals surface area contributed by atoms with E-state index in [0.717, 1.165) is 0 Å². The summed E-state index contributed by atoms with van der Waals surface area (Å²) >= 11 is 0. The first-order valence-corrected chi connectivity index (χ1v) is 6.59. The number of nitrogens with zero attached hydrogens (tertiary/aromatic N) is 4. The molecule has 21 heavy (non-hydrogen) atoms. The summed E-state index contributed by atoms with van der Waals surface area (Å²) in [4.78, 5) is 14.1. The van der Waals surface area contributed by atoms with Gasteiger partial charge < -0.3 is 10.6 Å². The second-order valence-corrected chi connectivity index (χ2v) is 4.71. The number of carbonyl (C=O) groups excluding carboxylic acids is 1. The van der Waals surface area contributed by atoms with E-state index in [2.05, 4.69) is 5.10 Å². The second-order valence-electron chi connectivity index (χ2n) is 4.71. The molecule has 0 spiro atoms. The summed E-state index contributed by atoms with van der Waals surface area (Å²) in [5.41, 5.74) is 8.76. The monoisotopic (exact) mass is 283 g/mol. The van der Waals surface area contributed by atoms with Crippen LogP contribution in [0.3, 0.4) is 0 Å². The zero-order valence-corrected chi connectivity index (χ0v) is 12.3. The minimum atomic E-state index is -0.230. The van der Waals surface area contributed by atoms with Crippen molar-refractivity contribution in [2.24, 2.45) is 7.05 Å². The third-order valence-corrected chi connectivity index (χ3v) is 3.39. The Kier molecular flexibility index (Phi) is 3.94. The number of amides is 1. The fourth-order valence-corrected chi connectivity index (χ4v) is 2.15. The molecule has 0 unspecified atom stereocenters. The van der Waals surface area contributed by atoms with Gasteiger partial charge in [0.1, 0.15) is 5.69 Å². The number of anilines is 2. The van der Waals surface area contributed by atoms with Gasteiger partial charge in [-0.3, -0.25) is 9.48 Å². The number of benzene rings is 1. The Morgan fingerprint density at radius 1 is 1.43 bits per heavy atom. The number of nitrogens with two attached hydrogens (primary N) is 1. The average Bonchev–Trinajstić information content (AvgIpc) is 2.80.